The fourth-order valence-electron chi connectivity index (χ4n) is 6.97. The first-order valence-corrected chi connectivity index (χ1v) is 29.7. The number of thiocarbonyl (C=S) groups is 2. The third-order valence-corrected chi connectivity index (χ3v) is 15.1. The zero-order chi connectivity index (χ0) is 65.3. The molecule has 2 aliphatic heterocycles. The molecule has 9 heterocycles. The molecule has 23 nitrogen and oxygen atoms in total. The van der Waals surface area contributed by atoms with Gasteiger partial charge in [0.15, 0.2) is 35.6 Å². The van der Waals surface area contributed by atoms with Crippen molar-refractivity contribution in [3.05, 3.63) is 235 Å². The van der Waals surface area contributed by atoms with Crippen LogP contribution in [0.15, 0.2) is 198 Å². The monoisotopic (exact) mass is 1420 g/mol. The van der Waals surface area contributed by atoms with Crippen molar-refractivity contribution in [1.82, 2.24) is 29.7 Å². The summed E-state index contributed by atoms with van der Waals surface area (Å²) in [5.41, 5.74) is 3.94. The third kappa shape index (κ3) is 21.4. The SMILES string of the molecule is COC(=O)c1ccc(Br)nc1.O=C(O)c1ccc(-c2ccc(/C=C3\SC(=S)N(Cc4ccccc4)C3=O)o2)nc1.O=C(O)c1ccc(Br)nc1.O=C1CSC(=S)N1Cc1ccccc1.O=Cc1ccc(-c2ccc(C(=O)O)cn2)o1.O=Cc1ccc(B(O)O)o1. The van der Waals surface area contributed by atoms with Crippen molar-refractivity contribution < 1.29 is 81.7 Å². The molecule has 2 amide bonds. The van der Waals surface area contributed by atoms with E-state index in [0.717, 1.165) is 11.1 Å². The van der Waals surface area contributed by atoms with Gasteiger partial charge in [0, 0.05) is 30.9 Å². The maximum atomic E-state index is 12.7. The van der Waals surface area contributed by atoms with Crippen molar-refractivity contribution in [2.45, 2.75) is 13.1 Å². The van der Waals surface area contributed by atoms with Crippen LogP contribution < -0.4 is 5.66 Å². The Kier molecular flexibility index (Phi) is 27.1. The van der Waals surface area contributed by atoms with E-state index in [0.29, 0.717) is 88.4 Å². The average Bonchev–Trinajstić information content (AvgIpc) is 2.17. The Morgan fingerprint density at radius 1 is 0.578 bits per heavy atom. The van der Waals surface area contributed by atoms with Crippen LogP contribution in [-0.4, -0.2) is 132 Å². The number of nitrogens with zero attached hydrogens (tertiary/aromatic N) is 6. The summed E-state index contributed by atoms with van der Waals surface area (Å²) in [5.74, 6) is -1.27. The Morgan fingerprint density at radius 3 is 1.41 bits per heavy atom. The second-order valence-electron chi connectivity index (χ2n) is 17.5. The number of esters is 1. The molecule has 9 aromatic rings. The highest BCUT2D eigenvalue weighted by molar-refractivity contribution is 9.10. The number of aromatic carboxylic acids is 3. The van der Waals surface area contributed by atoms with Crippen LogP contribution in [0.4, 0.5) is 0 Å². The molecule has 0 saturated carbocycles. The number of carbonyl (C=O) groups excluding carboxylic acids is 5. The van der Waals surface area contributed by atoms with Crippen LogP contribution in [0, 0.1) is 0 Å². The number of halogens is 2. The number of furan rings is 3. The minimum atomic E-state index is -1.64. The van der Waals surface area contributed by atoms with E-state index in [1.807, 2.05) is 60.7 Å². The van der Waals surface area contributed by atoms with Crippen LogP contribution in [0.2, 0.25) is 0 Å². The number of ether oxygens (including phenoxy) is 1. The van der Waals surface area contributed by atoms with E-state index in [-0.39, 0.29) is 51.7 Å². The molecule has 0 bridgehead atoms. The van der Waals surface area contributed by atoms with Gasteiger partial charge in [0.1, 0.15) is 40.7 Å². The molecule has 0 atom stereocenters. The molecule has 458 valence electrons. The summed E-state index contributed by atoms with van der Waals surface area (Å²) in [6.07, 6.45) is 8.00. The van der Waals surface area contributed by atoms with Crippen molar-refractivity contribution in [3.63, 3.8) is 0 Å². The number of amides is 2. The van der Waals surface area contributed by atoms with Crippen molar-refractivity contribution in [1.29, 1.82) is 0 Å². The lowest BCUT2D eigenvalue weighted by molar-refractivity contribution is -0.124. The number of carbonyl (C=O) groups is 8. The number of aromatic nitrogens is 4. The van der Waals surface area contributed by atoms with E-state index >= 15 is 0 Å². The molecule has 0 aliphatic carbocycles. The summed E-state index contributed by atoms with van der Waals surface area (Å²) in [4.78, 5) is 107. The average molecular weight is 1420 g/mol. The molecule has 2 aromatic carbocycles. The second-order valence-corrected chi connectivity index (χ2v) is 22.4. The van der Waals surface area contributed by atoms with Crippen LogP contribution in [0.5, 0.6) is 0 Å². The molecule has 0 radical (unpaired) electrons. The molecule has 2 fully saturated rings. The normalized spacial score (nSPS) is 12.5. The van der Waals surface area contributed by atoms with Gasteiger partial charge in [-0.15, -0.1) is 0 Å². The number of benzene rings is 2. The number of aldehydes is 2. The van der Waals surface area contributed by atoms with Gasteiger partial charge in [-0.3, -0.25) is 38.9 Å². The molecular formula is C60H45BBr2N6O17S4. The Bertz CT molecular complexity index is 3990. The smallest absolute Gasteiger partial charge is 0.478 e. The highest BCUT2D eigenvalue weighted by atomic mass is 79.9. The molecule has 90 heavy (non-hydrogen) atoms. The van der Waals surface area contributed by atoms with Gasteiger partial charge in [-0.05, 0) is 128 Å². The largest absolute Gasteiger partial charge is 0.526 e. The van der Waals surface area contributed by atoms with E-state index in [9.17, 15) is 38.4 Å². The summed E-state index contributed by atoms with van der Waals surface area (Å²) < 4.78 is 22.5. The van der Waals surface area contributed by atoms with E-state index in [4.69, 9.17) is 58.6 Å². The van der Waals surface area contributed by atoms with E-state index in [2.05, 4.69) is 60.9 Å². The predicted octanol–water partition coefficient (Wildman–Crippen LogP) is 10.3. The van der Waals surface area contributed by atoms with Gasteiger partial charge in [0.2, 0.25) is 5.91 Å². The first kappa shape index (κ1) is 69.7. The molecule has 11 rings (SSSR count). The number of methoxy groups -OCH3 is 1. The molecule has 0 spiro atoms. The zero-order valence-corrected chi connectivity index (χ0v) is 52.7. The lowest BCUT2D eigenvalue weighted by Gasteiger charge is -2.14. The van der Waals surface area contributed by atoms with Crippen molar-refractivity contribution in [2.75, 3.05) is 12.9 Å². The standard InChI is InChI=1S/C21H14N2O4S2.C11H7NO4.C10H9NOS2.C7H6BrNO2.C6H4BrNO2.C5H5BO4/c24-19-18(29-21(28)23(19)12-13-4-2-1-3-5-13)10-15-7-9-17(27-15)16-8-6-14(11-22-16)20(25)26;13-6-8-2-4-10(16-8)9-3-1-7(5-12-9)11(14)15;12-9-7-14-10(13)11(9)6-8-4-2-1-3-5-8;1-11-7(10)5-2-3-6(8)9-4-5;7-5-2-1-4(3-8-5)6(9)10;7-3-4-1-2-5(10-4)6(8)9/h1-11H,12H2,(H,25,26);1-6H,(H,14,15);1-5H,6-7H2;2-4H,1H3;1-3H,(H,9,10);1-3,8-9H/b18-10-;;;;;. The van der Waals surface area contributed by atoms with E-state index in [1.54, 1.807) is 58.3 Å². The first-order chi connectivity index (χ1) is 43.2. The number of carboxylic acids is 3. The van der Waals surface area contributed by atoms with Gasteiger partial charge in [-0.2, -0.15) is 0 Å². The lowest BCUT2D eigenvalue weighted by atomic mass is 9.88. The van der Waals surface area contributed by atoms with Crippen LogP contribution in [0.1, 0.15) is 79.4 Å². The fourth-order valence-corrected chi connectivity index (χ4v) is 9.75. The Hall–Kier alpha value is -9.40. The molecule has 2 aliphatic rings. The van der Waals surface area contributed by atoms with Gasteiger partial charge in [0.25, 0.3) is 5.91 Å². The maximum Gasteiger partial charge on any atom is 0.526 e. The number of hydrogen-bond acceptors (Lipinski definition) is 22. The number of rotatable bonds is 14. The van der Waals surface area contributed by atoms with E-state index < -0.39 is 25.0 Å². The molecule has 30 heteroatoms. The first-order valence-electron chi connectivity index (χ1n) is 25.5. The molecule has 5 N–H and O–H groups in total. The summed E-state index contributed by atoms with van der Waals surface area (Å²) in [6, 6.07) is 41.2. The van der Waals surface area contributed by atoms with Crippen molar-refractivity contribution >= 4 is 156 Å². The highest BCUT2D eigenvalue weighted by Gasteiger charge is 2.32. The number of hydrogen-bond donors (Lipinski definition) is 5. The summed E-state index contributed by atoms with van der Waals surface area (Å²) >= 11 is 19.4. The van der Waals surface area contributed by atoms with Crippen molar-refractivity contribution in [2.24, 2.45) is 0 Å². The Balaban J connectivity index is 0.000000182. The number of carboxylic acid groups (broad SMARTS) is 3. The Morgan fingerprint density at radius 2 is 1.02 bits per heavy atom. The number of pyridine rings is 4. The van der Waals surface area contributed by atoms with Gasteiger partial charge in [-0.25, -0.2) is 29.1 Å². The molecular weight excluding hydrogens is 1380 g/mol. The minimum absolute atomic E-state index is 0.0258. The Labute approximate surface area is 547 Å². The van der Waals surface area contributed by atoms with E-state index in [1.165, 1.54) is 97.9 Å². The third-order valence-electron chi connectivity index (χ3n) is 11.4. The zero-order valence-electron chi connectivity index (χ0n) is 46.3. The quantitative estimate of drug-likeness (QED) is 0.0169. The molecule has 0 unspecified atom stereocenters. The highest BCUT2D eigenvalue weighted by Crippen LogP contribution is 2.35. The lowest BCUT2D eigenvalue weighted by Crippen LogP contribution is -2.27. The van der Waals surface area contributed by atoms with Gasteiger partial charge >= 0.3 is 31.0 Å². The summed E-state index contributed by atoms with van der Waals surface area (Å²) in [6.45, 7) is 1.03. The predicted molar refractivity (Wildman–Crippen MR) is 346 cm³/mol. The van der Waals surface area contributed by atoms with Gasteiger partial charge in [0.05, 0.1) is 53.1 Å². The fraction of sp³-hybridized carbons (Fsp3) is 0.0667. The summed E-state index contributed by atoms with van der Waals surface area (Å²) in [7, 11) is -0.307. The van der Waals surface area contributed by atoms with Crippen LogP contribution in [0.25, 0.3) is 29.0 Å². The minimum Gasteiger partial charge on any atom is -0.478 e. The van der Waals surface area contributed by atoms with Crippen molar-refractivity contribution in [3.8, 4) is 22.9 Å². The second kappa shape index (κ2) is 35.0. The molecule has 2 saturated heterocycles. The maximum absolute atomic E-state index is 12.7. The van der Waals surface area contributed by atoms with Crippen LogP contribution in [0.3, 0.4) is 0 Å². The van der Waals surface area contributed by atoms with Crippen LogP contribution in [-0.2, 0) is 27.4 Å². The molecule has 7 aromatic heterocycles. The summed E-state index contributed by atoms with van der Waals surface area (Å²) in [5, 5.41) is 43.0. The topological polar surface area (TPSA) is 344 Å². The van der Waals surface area contributed by atoms with Gasteiger partial charge < -0.3 is 43.4 Å². The van der Waals surface area contributed by atoms with Crippen LogP contribution >= 0.6 is 79.8 Å². The van der Waals surface area contributed by atoms with Gasteiger partial charge in [-0.1, -0.05) is 109 Å². The number of thioether (sulfide) groups is 2.